The number of benzene rings is 1. The van der Waals surface area contributed by atoms with Gasteiger partial charge in [-0.1, -0.05) is 6.07 Å². The number of phenolic OH excluding ortho intramolecular Hbond substituents is 2. The van der Waals surface area contributed by atoms with Crippen molar-refractivity contribution in [2.75, 3.05) is 0 Å². The first kappa shape index (κ1) is 12.6. The van der Waals surface area contributed by atoms with Crippen LogP contribution in [-0.2, 0) is 0 Å². The van der Waals surface area contributed by atoms with Crippen LogP contribution in [0.3, 0.4) is 0 Å². The van der Waals surface area contributed by atoms with E-state index < -0.39 is 0 Å². The summed E-state index contributed by atoms with van der Waals surface area (Å²) in [5, 5.41) is 26.4. The number of amidine groups is 1. The van der Waals surface area contributed by atoms with E-state index in [0.717, 1.165) is 0 Å². The minimum Gasteiger partial charge on any atom is -0.504 e. The number of aromatic hydroxyl groups is 2. The van der Waals surface area contributed by atoms with Gasteiger partial charge in [-0.15, -0.1) is 5.10 Å². The number of nitrogens with zero attached hydrogens (tertiary/aromatic N) is 3. The molecular formula is C13H12N4O2. The molecule has 1 heterocycles. The number of hydrogen-bond acceptors (Lipinski definition) is 5. The van der Waals surface area contributed by atoms with Crippen molar-refractivity contribution in [1.82, 2.24) is 4.98 Å². The van der Waals surface area contributed by atoms with E-state index in [-0.39, 0.29) is 17.3 Å². The zero-order valence-electron chi connectivity index (χ0n) is 9.93. The smallest absolute Gasteiger partial charge is 0.166 e. The largest absolute Gasteiger partial charge is 0.504 e. The first-order valence-corrected chi connectivity index (χ1v) is 5.46. The molecule has 0 saturated heterocycles. The van der Waals surface area contributed by atoms with Crippen LogP contribution in [0.15, 0.2) is 52.9 Å². The number of para-hydroxylation sites is 1. The van der Waals surface area contributed by atoms with Crippen LogP contribution in [-0.4, -0.2) is 27.2 Å². The topological polar surface area (TPSA) is 104 Å². The van der Waals surface area contributed by atoms with Gasteiger partial charge in [0, 0.05) is 23.5 Å². The molecule has 0 bridgehead atoms. The normalized spacial score (nSPS) is 11.9. The Kier molecular flexibility index (Phi) is 3.72. The van der Waals surface area contributed by atoms with Gasteiger partial charge in [0.05, 0.1) is 6.21 Å². The van der Waals surface area contributed by atoms with Gasteiger partial charge < -0.3 is 15.9 Å². The highest BCUT2D eigenvalue weighted by Crippen LogP contribution is 2.26. The van der Waals surface area contributed by atoms with Crippen LogP contribution < -0.4 is 5.73 Å². The quantitative estimate of drug-likeness (QED) is 0.332. The van der Waals surface area contributed by atoms with E-state index in [1.54, 1.807) is 36.7 Å². The fourth-order valence-corrected chi connectivity index (χ4v) is 1.39. The highest BCUT2D eigenvalue weighted by atomic mass is 16.3. The van der Waals surface area contributed by atoms with Crippen LogP contribution in [0.4, 0.5) is 0 Å². The lowest BCUT2D eigenvalue weighted by molar-refractivity contribution is 0.403. The Morgan fingerprint density at radius 1 is 1.16 bits per heavy atom. The summed E-state index contributed by atoms with van der Waals surface area (Å²) < 4.78 is 0. The molecule has 19 heavy (non-hydrogen) atoms. The molecule has 0 spiro atoms. The van der Waals surface area contributed by atoms with Crippen molar-refractivity contribution in [1.29, 1.82) is 0 Å². The molecule has 2 aromatic rings. The molecule has 0 radical (unpaired) electrons. The third-order valence-electron chi connectivity index (χ3n) is 2.38. The maximum Gasteiger partial charge on any atom is 0.166 e. The summed E-state index contributed by atoms with van der Waals surface area (Å²) in [7, 11) is 0. The van der Waals surface area contributed by atoms with Crippen molar-refractivity contribution in [2.24, 2.45) is 15.9 Å². The number of rotatable bonds is 3. The molecule has 0 aliphatic carbocycles. The summed E-state index contributed by atoms with van der Waals surface area (Å²) in [5.41, 5.74) is 6.78. The lowest BCUT2D eigenvalue weighted by Gasteiger charge is -1.99. The monoisotopic (exact) mass is 256 g/mol. The van der Waals surface area contributed by atoms with Crippen molar-refractivity contribution in [3.05, 3.63) is 53.9 Å². The van der Waals surface area contributed by atoms with E-state index in [2.05, 4.69) is 15.2 Å². The second kappa shape index (κ2) is 5.63. The van der Waals surface area contributed by atoms with Gasteiger partial charge in [0.15, 0.2) is 17.3 Å². The molecule has 1 aromatic heterocycles. The summed E-state index contributed by atoms with van der Waals surface area (Å²) in [4.78, 5) is 3.87. The summed E-state index contributed by atoms with van der Waals surface area (Å²) in [5.74, 6) is -0.225. The molecule has 0 atom stereocenters. The van der Waals surface area contributed by atoms with Crippen LogP contribution in [0.5, 0.6) is 11.5 Å². The predicted octanol–water partition coefficient (Wildman–Crippen LogP) is 1.23. The maximum atomic E-state index is 9.55. The van der Waals surface area contributed by atoms with E-state index in [1.807, 2.05) is 0 Å². The number of nitrogens with two attached hydrogens (primary N) is 1. The fourth-order valence-electron chi connectivity index (χ4n) is 1.39. The minimum absolute atomic E-state index is 0.213. The van der Waals surface area contributed by atoms with E-state index >= 15 is 0 Å². The standard InChI is InChI=1S/C13H12N4O2/c14-13(9-4-6-15-7-5-9)17-16-8-10-2-1-3-11(18)12(10)19/h1-8,18-19H,(H2,14,17)/b16-8+. The molecule has 1 aromatic carbocycles. The average Bonchev–Trinajstić information content (AvgIpc) is 2.44. The van der Waals surface area contributed by atoms with E-state index in [9.17, 15) is 10.2 Å². The molecule has 6 nitrogen and oxygen atoms in total. The van der Waals surface area contributed by atoms with Gasteiger partial charge in [0.2, 0.25) is 0 Å². The summed E-state index contributed by atoms with van der Waals surface area (Å²) in [6, 6.07) is 7.98. The van der Waals surface area contributed by atoms with Crippen molar-refractivity contribution in [3.63, 3.8) is 0 Å². The van der Waals surface area contributed by atoms with Crippen LogP contribution in [0, 0.1) is 0 Å². The third kappa shape index (κ3) is 3.06. The predicted molar refractivity (Wildman–Crippen MR) is 72.3 cm³/mol. The van der Waals surface area contributed by atoms with Crippen molar-refractivity contribution in [2.45, 2.75) is 0 Å². The highest BCUT2D eigenvalue weighted by Gasteiger charge is 2.02. The second-order valence-corrected chi connectivity index (χ2v) is 3.68. The lowest BCUT2D eigenvalue weighted by atomic mass is 10.2. The van der Waals surface area contributed by atoms with Gasteiger partial charge in [-0.3, -0.25) is 4.98 Å². The van der Waals surface area contributed by atoms with Crippen LogP contribution in [0.1, 0.15) is 11.1 Å². The zero-order chi connectivity index (χ0) is 13.7. The number of aromatic nitrogens is 1. The summed E-state index contributed by atoms with van der Waals surface area (Å²) >= 11 is 0. The molecule has 0 amide bonds. The van der Waals surface area contributed by atoms with Gasteiger partial charge in [-0.2, -0.15) is 5.10 Å². The molecule has 2 rings (SSSR count). The van der Waals surface area contributed by atoms with Gasteiger partial charge >= 0.3 is 0 Å². The fraction of sp³-hybridized carbons (Fsp3) is 0. The van der Waals surface area contributed by atoms with Crippen molar-refractivity contribution >= 4 is 12.1 Å². The Labute approximate surface area is 109 Å². The SMILES string of the molecule is N/C(=N\N=C\c1cccc(O)c1O)c1ccncc1. The molecule has 0 aliphatic heterocycles. The first-order chi connectivity index (χ1) is 9.18. The van der Waals surface area contributed by atoms with Gasteiger partial charge in [0.1, 0.15) is 0 Å². The maximum absolute atomic E-state index is 9.55. The Bertz CT molecular complexity index is 624. The lowest BCUT2D eigenvalue weighted by Crippen LogP contribution is -2.12. The minimum atomic E-state index is -0.246. The number of phenols is 2. The molecule has 6 heteroatoms. The number of hydrogen-bond donors (Lipinski definition) is 3. The van der Waals surface area contributed by atoms with E-state index in [0.29, 0.717) is 11.1 Å². The third-order valence-corrected chi connectivity index (χ3v) is 2.38. The van der Waals surface area contributed by atoms with E-state index in [4.69, 9.17) is 5.73 Å². The highest BCUT2D eigenvalue weighted by molar-refractivity contribution is 5.97. The second-order valence-electron chi connectivity index (χ2n) is 3.68. The van der Waals surface area contributed by atoms with Crippen LogP contribution >= 0.6 is 0 Å². The van der Waals surface area contributed by atoms with E-state index in [1.165, 1.54) is 12.3 Å². The summed E-state index contributed by atoms with van der Waals surface area (Å²) in [6.07, 6.45) is 4.51. The Hall–Kier alpha value is -2.89. The van der Waals surface area contributed by atoms with Crippen LogP contribution in [0.25, 0.3) is 0 Å². The molecular weight excluding hydrogens is 244 g/mol. The molecule has 4 N–H and O–H groups in total. The molecule has 0 saturated carbocycles. The van der Waals surface area contributed by atoms with Crippen molar-refractivity contribution < 1.29 is 10.2 Å². The molecule has 0 unspecified atom stereocenters. The summed E-state index contributed by atoms with van der Waals surface area (Å²) in [6.45, 7) is 0. The molecule has 0 fully saturated rings. The Morgan fingerprint density at radius 3 is 2.63 bits per heavy atom. The van der Waals surface area contributed by atoms with Crippen LogP contribution in [0.2, 0.25) is 0 Å². The van der Waals surface area contributed by atoms with Gasteiger partial charge in [0.25, 0.3) is 0 Å². The Morgan fingerprint density at radius 2 is 1.89 bits per heavy atom. The van der Waals surface area contributed by atoms with Crippen molar-refractivity contribution in [3.8, 4) is 11.5 Å². The van der Waals surface area contributed by atoms with Gasteiger partial charge in [-0.05, 0) is 24.3 Å². The van der Waals surface area contributed by atoms with Gasteiger partial charge in [-0.25, -0.2) is 0 Å². The first-order valence-electron chi connectivity index (χ1n) is 5.46. The molecule has 0 aliphatic rings. The average molecular weight is 256 g/mol. The molecule has 96 valence electrons. The number of pyridine rings is 1. The zero-order valence-corrected chi connectivity index (χ0v) is 9.93. The Balaban J connectivity index is 2.18.